The Morgan fingerprint density at radius 3 is 2.56 bits per heavy atom. The van der Waals surface area contributed by atoms with E-state index in [-0.39, 0.29) is 11.6 Å². The molecule has 0 bridgehead atoms. The van der Waals surface area contributed by atoms with Gasteiger partial charge < -0.3 is 15.1 Å². The molecule has 2 aromatic carbocycles. The molecule has 1 N–H and O–H groups in total. The van der Waals surface area contributed by atoms with Gasteiger partial charge in [0.2, 0.25) is 0 Å². The van der Waals surface area contributed by atoms with E-state index >= 15 is 0 Å². The Morgan fingerprint density at radius 2 is 1.89 bits per heavy atom. The van der Waals surface area contributed by atoms with E-state index in [9.17, 15) is 14.9 Å². The molecule has 0 spiro atoms. The molecule has 1 aliphatic heterocycles. The second-order valence-corrected chi connectivity index (χ2v) is 6.67. The fourth-order valence-corrected chi connectivity index (χ4v) is 3.30. The molecule has 3 rings (SSSR count). The van der Waals surface area contributed by atoms with Crippen molar-refractivity contribution >= 4 is 23.0 Å². The molecule has 7 heteroatoms. The average molecular weight is 368 g/mol. The van der Waals surface area contributed by atoms with Gasteiger partial charge in [-0.1, -0.05) is 18.2 Å². The minimum atomic E-state index is -0.465. The number of carbonyl (C=O) groups excluding carboxylic acids is 1. The number of amides is 1. The van der Waals surface area contributed by atoms with Crippen LogP contribution in [0.1, 0.15) is 23.2 Å². The van der Waals surface area contributed by atoms with Crippen molar-refractivity contribution in [1.29, 1.82) is 0 Å². The molecular formula is C20H24N4O3. The van der Waals surface area contributed by atoms with Gasteiger partial charge in [-0.25, -0.2) is 0 Å². The van der Waals surface area contributed by atoms with Gasteiger partial charge in [0.25, 0.3) is 11.6 Å². The first-order chi connectivity index (χ1) is 13.1. The van der Waals surface area contributed by atoms with Crippen molar-refractivity contribution in [3.63, 3.8) is 0 Å². The van der Waals surface area contributed by atoms with Crippen molar-refractivity contribution in [1.82, 2.24) is 5.32 Å². The molecule has 0 unspecified atom stereocenters. The number of hydrogen-bond donors (Lipinski definition) is 1. The van der Waals surface area contributed by atoms with Gasteiger partial charge in [-0.2, -0.15) is 0 Å². The summed E-state index contributed by atoms with van der Waals surface area (Å²) in [5, 5.41) is 14.0. The average Bonchev–Trinajstić information content (AvgIpc) is 3.22. The topological polar surface area (TPSA) is 78.7 Å². The third kappa shape index (κ3) is 4.55. The molecule has 1 saturated heterocycles. The molecule has 1 aliphatic rings. The minimum Gasteiger partial charge on any atom is -0.373 e. The standard InChI is InChI=1S/C20H24N4O3/c1-22(16-7-3-2-4-8-16)14-11-21-20(25)18-15-17(24(26)27)9-10-19(18)23-12-5-6-13-23/h2-4,7-10,15H,5-6,11-14H2,1H3,(H,21,25). The summed E-state index contributed by atoms with van der Waals surface area (Å²) in [5.74, 6) is -0.276. The fourth-order valence-electron chi connectivity index (χ4n) is 3.30. The van der Waals surface area contributed by atoms with Crippen LogP contribution in [0.2, 0.25) is 0 Å². The van der Waals surface area contributed by atoms with Crippen molar-refractivity contribution in [2.24, 2.45) is 0 Å². The maximum absolute atomic E-state index is 12.7. The van der Waals surface area contributed by atoms with Gasteiger partial charge in [0, 0.05) is 51.0 Å². The zero-order valence-electron chi connectivity index (χ0n) is 15.4. The molecule has 0 aliphatic carbocycles. The van der Waals surface area contributed by atoms with Crippen LogP contribution in [0.4, 0.5) is 17.1 Å². The van der Waals surface area contributed by atoms with Crippen LogP contribution in [0.15, 0.2) is 48.5 Å². The van der Waals surface area contributed by atoms with E-state index in [2.05, 4.69) is 15.1 Å². The zero-order chi connectivity index (χ0) is 19.2. The first-order valence-corrected chi connectivity index (χ1v) is 9.14. The summed E-state index contributed by atoms with van der Waals surface area (Å²) in [5.41, 5.74) is 2.14. The van der Waals surface area contributed by atoms with Crippen molar-refractivity contribution in [2.45, 2.75) is 12.8 Å². The summed E-state index contributed by atoms with van der Waals surface area (Å²) in [4.78, 5) is 27.6. The molecule has 0 atom stereocenters. The molecule has 27 heavy (non-hydrogen) atoms. The molecule has 0 radical (unpaired) electrons. The number of likely N-dealkylation sites (N-methyl/N-ethyl adjacent to an activating group) is 1. The Hall–Kier alpha value is -3.09. The molecule has 7 nitrogen and oxygen atoms in total. The quantitative estimate of drug-likeness (QED) is 0.600. The van der Waals surface area contributed by atoms with Gasteiger partial charge in [-0.15, -0.1) is 0 Å². The molecule has 0 aromatic heterocycles. The third-order valence-corrected chi connectivity index (χ3v) is 4.81. The maximum Gasteiger partial charge on any atom is 0.270 e. The number of rotatable bonds is 7. The number of nitro groups is 1. The summed E-state index contributed by atoms with van der Waals surface area (Å²) in [7, 11) is 1.96. The fraction of sp³-hybridized carbons (Fsp3) is 0.350. The van der Waals surface area contributed by atoms with Crippen LogP contribution in [0, 0.1) is 10.1 Å². The lowest BCUT2D eigenvalue weighted by atomic mass is 10.1. The number of para-hydroxylation sites is 1. The number of anilines is 2. The first kappa shape index (κ1) is 18.7. The number of nitrogens with zero attached hydrogens (tertiary/aromatic N) is 3. The Labute approximate surface area is 158 Å². The first-order valence-electron chi connectivity index (χ1n) is 9.14. The SMILES string of the molecule is CN(CCNC(=O)c1cc([N+](=O)[O-])ccc1N1CCCC1)c1ccccc1. The zero-order valence-corrected chi connectivity index (χ0v) is 15.4. The van der Waals surface area contributed by atoms with E-state index in [1.54, 1.807) is 6.07 Å². The van der Waals surface area contributed by atoms with Gasteiger partial charge in [0.1, 0.15) is 0 Å². The summed E-state index contributed by atoms with van der Waals surface area (Å²) in [6.07, 6.45) is 2.14. The number of benzene rings is 2. The van der Waals surface area contributed by atoms with E-state index < -0.39 is 4.92 Å². The van der Waals surface area contributed by atoms with Crippen molar-refractivity contribution in [3.8, 4) is 0 Å². The van der Waals surface area contributed by atoms with Crippen molar-refractivity contribution in [2.75, 3.05) is 43.0 Å². The molecular weight excluding hydrogens is 344 g/mol. The summed E-state index contributed by atoms with van der Waals surface area (Å²) in [6, 6.07) is 14.4. The van der Waals surface area contributed by atoms with Crippen LogP contribution in [0.5, 0.6) is 0 Å². The Kier molecular flexibility index (Phi) is 5.90. The van der Waals surface area contributed by atoms with E-state index in [0.29, 0.717) is 18.7 Å². The normalized spacial score (nSPS) is 13.4. The maximum atomic E-state index is 12.7. The molecule has 1 heterocycles. The lowest BCUT2D eigenvalue weighted by Gasteiger charge is -2.22. The number of carbonyl (C=O) groups is 1. The number of nitrogens with one attached hydrogen (secondary N) is 1. The van der Waals surface area contributed by atoms with Crippen LogP contribution < -0.4 is 15.1 Å². The highest BCUT2D eigenvalue weighted by molar-refractivity contribution is 6.00. The van der Waals surface area contributed by atoms with Gasteiger partial charge in [-0.3, -0.25) is 14.9 Å². The summed E-state index contributed by atoms with van der Waals surface area (Å²) in [6.45, 7) is 2.83. The van der Waals surface area contributed by atoms with Crippen LogP contribution in [-0.2, 0) is 0 Å². The summed E-state index contributed by atoms with van der Waals surface area (Å²) < 4.78 is 0. The minimum absolute atomic E-state index is 0.0653. The molecule has 0 saturated carbocycles. The Bertz CT molecular complexity index is 804. The lowest BCUT2D eigenvalue weighted by Crippen LogP contribution is -2.34. The van der Waals surface area contributed by atoms with Gasteiger partial charge in [0.05, 0.1) is 16.2 Å². The van der Waals surface area contributed by atoms with Gasteiger partial charge in [-0.05, 0) is 31.0 Å². The summed E-state index contributed by atoms with van der Waals surface area (Å²) >= 11 is 0. The highest BCUT2D eigenvalue weighted by atomic mass is 16.6. The largest absolute Gasteiger partial charge is 0.373 e. The van der Waals surface area contributed by atoms with E-state index in [1.165, 1.54) is 12.1 Å². The highest BCUT2D eigenvalue weighted by Crippen LogP contribution is 2.28. The van der Waals surface area contributed by atoms with Crippen LogP contribution in [-0.4, -0.2) is 44.1 Å². The Morgan fingerprint density at radius 1 is 1.19 bits per heavy atom. The molecule has 142 valence electrons. The second kappa shape index (κ2) is 8.53. The van der Waals surface area contributed by atoms with Crippen molar-refractivity contribution < 1.29 is 9.72 Å². The molecule has 1 amide bonds. The smallest absolute Gasteiger partial charge is 0.270 e. The lowest BCUT2D eigenvalue weighted by molar-refractivity contribution is -0.384. The van der Waals surface area contributed by atoms with Gasteiger partial charge in [0.15, 0.2) is 0 Å². The highest BCUT2D eigenvalue weighted by Gasteiger charge is 2.22. The van der Waals surface area contributed by atoms with Gasteiger partial charge >= 0.3 is 0 Å². The predicted molar refractivity (Wildman–Crippen MR) is 107 cm³/mol. The van der Waals surface area contributed by atoms with Crippen molar-refractivity contribution in [3.05, 3.63) is 64.2 Å². The van der Waals surface area contributed by atoms with E-state index in [4.69, 9.17) is 0 Å². The van der Waals surface area contributed by atoms with Crippen LogP contribution in [0.25, 0.3) is 0 Å². The van der Waals surface area contributed by atoms with E-state index in [0.717, 1.165) is 37.3 Å². The number of hydrogen-bond acceptors (Lipinski definition) is 5. The van der Waals surface area contributed by atoms with E-state index in [1.807, 2.05) is 37.4 Å². The molecule has 2 aromatic rings. The predicted octanol–water partition coefficient (Wildman–Crippen LogP) is 3.06. The third-order valence-electron chi connectivity index (χ3n) is 4.81. The molecule has 1 fully saturated rings. The second-order valence-electron chi connectivity index (χ2n) is 6.67. The van der Waals surface area contributed by atoms with Crippen LogP contribution >= 0.6 is 0 Å². The monoisotopic (exact) mass is 368 g/mol. The van der Waals surface area contributed by atoms with Crippen LogP contribution in [0.3, 0.4) is 0 Å². The number of nitro benzene ring substituents is 1. The number of non-ortho nitro benzene ring substituents is 1. The Balaban J connectivity index is 1.69.